The highest BCUT2D eigenvalue weighted by atomic mass is 79.9. The lowest BCUT2D eigenvalue weighted by Crippen LogP contribution is -1.85. The molecule has 2 aromatic rings. The van der Waals surface area contributed by atoms with E-state index in [-0.39, 0.29) is 5.75 Å². The fourth-order valence-electron chi connectivity index (χ4n) is 1.38. The number of alkyl halides is 1. The third-order valence-electron chi connectivity index (χ3n) is 2.08. The summed E-state index contributed by atoms with van der Waals surface area (Å²) in [4.78, 5) is 0. The number of aromatic hydroxyl groups is 1. The monoisotopic (exact) mass is 256 g/mol. The van der Waals surface area contributed by atoms with Crippen LogP contribution in [-0.2, 0) is 5.33 Å². The molecule has 0 saturated carbocycles. The summed E-state index contributed by atoms with van der Waals surface area (Å²) in [5.41, 5.74) is 1.65. The van der Waals surface area contributed by atoms with E-state index in [0.29, 0.717) is 22.0 Å². The highest BCUT2D eigenvalue weighted by Crippen LogP contribution is 2.33. The second-order valence-electron chi connectivity index (χ2n) is 2.92. The van der Waals surface area contributed by atoms with E-state index >= 15 is 0 Å². The van der Waals surface area contributed by atoms with Gasteiger partial charge in [0.05, 0.1) is 12.5 Å². The maximum atomic E-state index is 9.49. The van der Waals surface area contributed by atoms with Gasteiger partial charge in [-0.3, -0.25) is 0 Å². The van der Waals surface area contributed by atoms with Gasteiger partial charge in [0.15, 0.2) is 5.75 Å². The SMILES string of the molecule is COc1cc(CBr)c2occ(O)c2c1. The van der Waals surface area contributed by atoms with Crippen LogP contribution in [0.15, 0.2) is 22.8 Å². The lowest BCUT2D eigenvalue weighted by atomic mass is 10.1. The summed E-state index contributed by atoms with van der Waals surface area (Å²) in [5, 5.41) is 10.8. The highest BCUT2D eigenvalue weighted by Gasteiger charge is 2.10. The molecule has 0 amide bonds. The molecule has 0 aliphatic heterocycles. The van der Waals surface area contributed by atoms with Gasteiger partial charge in [-0.15, -0.1) is 0 Å². The van der Waals surface area contributed by atoms with Crippen molar-refractivity contribution >= 4 is 26.9 Å². The number of fused-ring (bicyclic) bond motifs is 1. The van der Waals surface area contributed by atoms with Crippen molar-refractivity contribution in [3.63, 3.8) is 0 Å². The van der Waals surface area contributed by atoms with Crippen LogP contribution in [0.1, 0.15) is 5.56 Å². The Morgan fingerprint density at radius 1 is 1.50 bits per heavy atom. The van der Waals surface area contributed by atoms with E-state index in [9.17, 15) is 5.11 Å². The number of furan rings is 1. The fraction of sp³-hybridized carbons (Fsp3) is 0.200. The van der Waals surface area contributed by atoms with Gasteiger partial charge in [0.1, 0.15) is 17.6 Å². The number of hydrogen-bond donors (Lipinski definition) is 1. The average molecular weight is 257 g/mol. The summed E-state index contributed by atoms with van der Waals surface area (Å²) in [6.07, 6.45) is 1.33. The van der Waals surface area contributed by atoms with Gasteiger partial charge in [-0.1, -0.05) is 15.9 Å². The summed E-state index contributed by atoms with van der Waals surface area (Å²) in [6, 6.07) is 3.63. The maximum absolute atomic E-state index is 9.49. The first-order valence-corrected chi connectivity index (χ1v) is 5.21. The van der Waals surface area contributed by atoms with E-state index in [1.807, 2.05) is 6.07 Å². The molecule has 0 aliphatic rings. The van der Waals surface area contributed by atoms with Crippen LogP contribution in [0.3, 0.4) is 0 Å². The van der Waals surface area contributed by atoms with E-state index in [0.717, 1.165) is 5.56 Å². The predicted molar refractivity (Wildman–Crippen MR) is 57.1 cm³/mol. The van der Waals surface area contributed by atoms with Crippen molar-refractivity contribution in [2.75, 3.05) is 7.11 Å². The van der Waals surface area contributed by atoms with Gasteiger partial charge in [0.2, 0.25) is 0 Å². The van der Waals surface area contributed by atoms with Crippen LogP contribution in [-0.4, -0.2) is 12.2 Å². The van der Waals surface area contributed by atoms with Gasteiger partial charge in [-0.05, 0) is 12.1 Å². The second kappa shape index (κ2) is 3.53. The largest absolute Gasteiger partial charge is 0.504 e. The first kappa shape index (κ1) is 9.40. The smallest absolute Gasteiger partial charge is 0.161 e. The molecule has 2 rings (SSSR count). The van der Waals surface area contributed by atoms with Gasteiger partial charge < -0.3 is 14.3 Å². The minimum Gasteiger partial charge on any atom is -0.504 e. The van der Waals surface area contributed by atoms with Crippen LogP contribution in [0.2, 0.25) is 0 Å². The normalized spacial score (nSPS) is 10.7. The molecule has 0 unspecified atom stereocenters. The Kier molecular flexibility index (Phi) is 2.37. The zero-order chi connectivity index (χ0) is 10.1. The predicted octanol–water partition coefficient (Wildman–Crippen LogP) is 3.04. The molecular weight excluding hydrogens is 248 g/mol. The topological polar surface area (TPSA) is 42.6 Å². The Morgan fingerprint density at radius 3 is 2.93 bits per heavy atom. The zero-order valence-electron chi connectivity index (χ0n) is 7.58. The summed E-state index contributed by atoms with van der Waals surface area (Å²) >= 11 is 3.35. The van der Waals surface area contributed by atoms with E-state index in [4.69, 9.17) is 9.15 Å². The first-order valence-electron chi connectivity index (χ1n) is 4.09. The van der Waals surface area contributed by atoms with Crippen molar-refractivity contribution in [1.29, 1.82) is 0 Å². The van der Waals surface area contributed by atoms with Crippen molar-refractivity contribution in [3.8, 4) is 11.5 Å². The second-order valence-corrected chi connectivity index (χ2v) is 3.48. The standard InChI is InChI=1S/C10H9BrO3/c1-13-7-2-6(4-11)10-8(3-7)9(12)5-14-10/h2-3,5,12H,4H2,1H3. The third-order valence-corrected chi connectivity index (χ3v) is 2.69. The van der Waals surface area contributed by atoms with E-state index in [1.165, 1.54) is 6.26 Å². The van der Waals surface area contributed by atoms with E-state index < -0.39 is 0 Å². The average Bonchev–Trinajstić information content (AvgIpc) is 2.59. The Balaban J connectivity index is 2.76. The molecule has 1 aromatic heterocycles. The molecule has 0 aliphatic carbocycles. The molecule has 3 nitrogen and oxygen atoms in total. The van der Waals surface area contributed by atoms with Gasteiger partial charge >= 0.3 is 0 Å². The van der Waals surface area contributed by atoms with Crippen LogP contribution in [0, 0.1) is 0 Å². The maximum Gasteiger partial charge on any atom is 0.161 e. The summed E-state index contributed by atoms with van der Waals surface area (Å²) in [7, 11) is 1.59. The molecule has 0 spiro atoms. The molecule has 14 heavy (non-hydrogen) atoms. The first-order chi connectivity index (χ1) is 6.76. The van der Waals surface area contributed by atoms with Gasteiger partial charge in [0, 0.05) is 10.9 Å². The molecule has 0 atom stereocenters. The van der Waals surface area contributed by atoms with Gasteiger partial charge in [0.25, 0.3) is 0 Å². The zero-order valence-corrected chi connectivity index (χ0v) is 9.17. The number of rotatable bonds is 2. The molecular formula is C10H9BrO3. The molecule has 1 heterocycles. The van der Waals surface area contributed by atoms with Crippen molar-refractivity contribution in [2.24, 2.45) is 0 Å². The number of ether oxygens (including phenoxy) is 1. The Hall–Kier alpha value is -1.16. The molecule has 0 fully saturated rings. The van der Waals surface area contributed by atoms with E-state index in [1.54, 1.807) is 13.2 Å². The minimum atomic E-state index is 0.140. The quantitative estimate of drug-likeness (QED) is 0.841. The van der Waals surface area contributed by atoms with Crippen LogP contribution in [0.5, 0.6) is 11.5 Å². The molecule has 0 radical (unpaired) electrons. The fourth-order valence-corrected chi connectivity index (χ4v) is 1.80. The Morgan fingerprint density at radius 2 is 2.29 bits per heavy atom. The highest BCUT2D eigenvalue weighted by molar-refractivity contribution is 9.08. The molecule has 1 aromatic carbocycles. The number of hydrogen-bond acceptors (Lipinski definition) is 3. The lowest BCUT2D eigenvalue weighted by molar-refractivity contribution is 0.414. The van der Waals surface area contributed by atoms with Crippen LogP contribution in [0.25, 0.3) is 11.0 Å². The molecule has 1 N–H and O–H groups in total. The molecule has 0 saturated heterocycles. The van der Waals surface area contributed by atoms with Crippen LogP contribution < -0.4 is 4.74 Å². The summed E-state index contributed by atoms with van der Waals surface area (Å²) in [5.74, 6) is 0.852. The molecule has 4 heteroatoms. The van der Waals surface area contributed by atoms with Crippen molar-refractivity contribution < 1.29 is 14.3 Å². The Bertz CT molecular complexity index is 462. The molecule has 0 bridgehead atoms. The van der Waals surface area contributed by atoms with Gasteiger partial charge in [-0.2, -0.15) is 0 Å². The van der Waals surface area contributed by atoms with E-state index in [2.05, 4.69) is 15.9 Å². The summed E-state index contributed by atoms with van der Waals surface area (Å²) < 4.78 is 10.4. The third kappa shape index (κ3) is 1.35. The molecule has 74 valence electrons. The van der Waals surface area contributed by atoms with Crippen molar-refractivity contribution in [2.45, 2.75) is 5.33 Å². The number of halogens is 1. The lowest BCUT2D eigenvalue weighted by Gasteiger charge is -2.02. The summed E-state index contributed by atoms with van der Waals surface area (Å²) in [6.45, 7) is 0. The van der Waals surface area contributed by atoms with Gasteiger partial charge in [-0.25, -0.2) is 0 Å². The minimum absolute atomic E-state index is 0.140. The van der Waals surface area contributed by atoms with Crippen molar-refractivity contribution in [1.82, 2.24) is 0 Å². The number of methoxy groups -OCH3 is 1. The Labute approximate surface area is 89.4 Å². The van der Waals surface area contributed by atoms with Crippen LogP contribution in [0.4, 0.5) is 0 Å². The van der Waals surface area contributed by atoms with Crippen LogP contribution >= 0.6 is 15.9 Å². The number of benzene rings is 1. The van der Waals surface area contributed by atoms with Crippen molar-refractivity contribution in [3.05, 3.63) is 24.0 Å².